The zero-order valence-electron chi connectivity index (χ0n) is 12.1. The largest absolute Gasteiger partial charge is 0.490 e. The lowest BCUT2D eigenvalue weighted by atomic mass is 10.0. The molecule has 1 heterocycles. The number of benzene rings is 2. The Morgan fingerprint density at radius 1 is 0.952 bits per heavy atom. The second kappa shape index (κ2) is 6.00. The minimum atomic E-state index is 0.167. The summed E-state index contributed by atoms with van der Waals surface area (Å²) in [6, 6.07) is 13.7. The standard InChI is InChI=1S/C18H18O3/c1-2-16(19)14-6-4-13(5-7-14)15-8-9-17-18(12-15)21-11-3-10-20-17/h4-9,12H,2-3,10-11H2,1H3. The number of rotatable bonds is 3. The number of hydrogen-bond donors (Lipinski definition) is 0. The van der Waals surface area contributed by atoms with E-state index in [9.17, 15) is 4.79 Å². The number of ketones is 1. The van der Waals surface area contributed by atoms with Crippen molar-refractivity contribution in [3.8, 4) is 22.6 Å². The van der Waals surface area contributed by atoms with E-state index in [1.54, 1.807) is 0 Å². The van der Waals surface area contributed by atoms with Crippen molar-refractivity contribution in [2.45, 2.75) is 19.8 Å². The van der Waals surface area contributed by atoms with E-state index >= 15 is 0 Å². The molecule has 0 aliphatic carbocycles. The molecule has 1 aliphatic heterocycles. The van der Waals surface area contributed by atoms with Crippen molar-refractivity contribution in [2.75, 3.05) is 13.2 Å². The van der Waals surface area contributed by atoms with Gasteiger partial charge in [-0.1, -0.05) is 37.3 Å². The zero-order chi connectivity index (χ0) is 14.7. The molecule has 2 aromatic carbocycles. The Hall–Kier alpha value is -2.29. The molecule has 3 nitrogen and oxygen atoms in total. The van der Waals surface area contributed by atoms with Crippen LogP contribution in [0, 0.1) is 0 Å². The molecule has 21 heavy (non-hydrogen) atoms. The molecule has 108 valence electrons. The molecule has 0 spiro atoms. The van der Waals surface area contributed by atoms with Crippen molar-refractivity contribution < 1.29 is 14.3 Å². The topological polar surface area (TPSA) is 35.5 Å². The third-order valence-electron chi connectivity index (χ3n) is 3.61. The molecule has 0 atom stereocenters. The SMILES string of the molecule is CCC(=O)c1ccc(-c2ccc3c(c2)OCCCO3)cc1. The number of carbonyl (C=O) groups is 1. The molecular weight excluding hydrogens is 264 g/mol. The molecule has 0 N–H and O–H groups in total. The molecule has 0 amide bonds. The maximum Gasteiger partial charge on any atom is 0.162 e. The van der Waals surface area contributed by atoms with Crippen LogP contribution in [0.15, 0.2) is 42.5 Å². The van der Waals surface area contributed by atoms with Gasteiger partial charge in [-0.15, -0.1) is 0 Å². The van der Waals surface area contributed by atoms with Crippen LogP contribution >= 0.6 is 0 Å². The van der Waals surface area contributed by atoms with Crippen LogP contribution in [-0.4, -0.2) is 19.0 Å². The Balaban J connectivity index is 1.90. The molecule has 0 unspecified atom stereocenters. The van der Waals surface area contributed by atoms with Crippen LogP contribution in [0.1, 0.15) is 30.1 Å². The van der Waals surface area contributed by atoms with Crippen LogP contribution in [0.25, 0.3) is 11.1 Å². The highest BCUT2D eigenvalue weighted by molar-refractivity contribution is 5.96. The summed E-state index contributed by atoms with van der Waals surface area (Å²) in [6.07, 6.45) is 1.43. The minimum Gasteiger partial charge on any atom is -0.490 e. The van der Waals surface area contributed by atoms with Crippen LogP contribution in [0.4, 0.5) is 0 Å². The highest BCUT2D eigenvalue weighted by Gasteiger charge is 2.11. The maximum absolute atomic E-state index is 11.7. The number of ether oxygens (including phenoxy) is 2. The quantitative estimate of drug-likeness (QED) is 0.795. The van der Waals surface area contributed by atoms with Crippen LogP contribution in [0.5, 0.6) is 11.5 Å². The van der Waals surface area contributed by atoms with Gasteiger partial charge in [-0.05, 0) is 23.3 Å². The van der Waals surface area contributed by atoms with Crippen LogP contribution in [0.3, 0.4) is 0 Å². The first-order valence-electron chi connectivity index (χ1n) is 7.31. The first-order chi connectivity index (χ1) is 10.3. The lowest BCUT2D eigenvalue weighted by molar-refractivity contribution is 0.0988. The number of hydrogen-bond acceptors (Lipinski definition) is 3. The predicted molar refractivity (Wildman–Crippen MR) is 82.1 cm³/mol. The molecule has 0 saturated heterocycles. The molecule has 1 aliphatic rings. The van der Waals surface area contributed by atoms with Crippen molar-refractivity contribution in [3.05, 3.63) is 48.0 Å². The van der Waals surface area contributed by atoms with Crippen LogP contribution in [-0.2, 0) is 0 Å². The minimum absolute atomic E-state index is 0.167. The second-order valence-electron chi connectivity index (χ2n) is 5.07. The molecular formula is C18H18O3. The monoisotopic (exact) mass is 282 g/mol. The third-order valence-corrected chi connectivity index (χ3v) is 3.61. The number of Topliss-reactive ketones (excluding diaryl/α,β-unsaturated/α-hetero) is 1. The lowest BCUT2D eigenvalue weighted by Gasteiger charge is -2.10. The van der Waals surface area contributed by atoms with Crippen LogP contribution in [0.2, 0.25) is 0 Å². The normalized spacial score (nSPS) is 13.6. The highest BCUT2D eigenvalue weighted by atomic mass is 16.5. The fourth-order valence-corrected chi connectivity index (χ4v) is 2.40. The Kier molecular flexibility index (Phi) is 3.91. The maximum atomic E-state index is 11.7. The molecule has 0 saturated carbocycles. The van der Waals surface area contributed by atoms with E-state index in [0.717, 1.165) is 34.6 Å². The van der Waals surface area contributed by atoms with Crippen LogP contribution < -0.4 is 9.47 Å². The summed E-state index contributed by atoms with van der Waals surface area (Å²) in [5, 5.41) is 0. The van der Waals surface area contributed by atoms with Crippen molar-refractivity contribution >= 4 is 5.78 Å². The van der Waals surface area contributed by atoms with E-state index in [2.05, 4.69) is 0 Å². The summed E-state index contributed by atoms with van der Waals surface area (Å²) in [6.45, 7) is 3.25. The van der Waals surface area contributed by atoms with Gasteiger partial charge in [-0.25, -0.2) is 0 Å². The van der Waals surface area contributed by atoms with E-state index in [1.807, 2.05) is 49.4 Å². The van der Waals surface area contributed by atoms with Crippen molar-refractivity contribution in [2.24, 2.45) is 0 Å². The first kappa shape index (κ1) is 13.7. The highest BCUT2D eigenvalue weighted by Crippen LogP contribution is 2.34. The van der Waals surface area contributed by atoms with E-state index in [-0.39, 0.29) is 5.78 Å². The van der Waals surface area contributed by atoms with Gasteiger partial charge in [0.2, 0.25) is 0 Å². The number of carbonyl (C=O) groups excluding carboxylic acids is 1. The Bertz CT molecular complexity index is 644. The molecule has 0 radical (unpaired) electrons. The summed E-state index contributed by atoms with van der Waals surface area (Å²) in [5.74, 6) is 1.76. The van der Waals surface area contributed by atoms with Gasteiger partial charge in [0.15, 0.2) is 17.3 Å². The summed E-state index contributed by atoms with van der Waals surface area (Å²) in [4.78, 5) is 11.7. The lowest BCUT2D eigenvalue weighted by Crippen LogP contribution is -1.97. The van der Waals surface area contributed by atoms with Gasteiger partial charge in [0.25, 0.3) is 0 Å². The summed E-state index contributed by atoms with van der Waals surface area (Å²) in [5.41, 5.74) is 2.89. The first-order valence-corrected chi connectivity index (χ1v) is 7.31. The predicted octanol–water partition coefficient (Wildman–Crippen LogP) is 4.11. The van der Waals surface area contributed by atoms with E-state index in [0.29, 0.717) is 19.6 Å². The smallest absolute Gasteiger partial charge is 0.162 e. The Morgan fingerprint density at radius 3 is 2.33 bits per heavy atom. The van der Waals surface area contributed by atoms with Gasteiger partial charge in [0.1, 0.15) is 0 Å². The summed E-state index contributed by atoms with van der Waals surface area (Å²) in [7, 11) is 0. The average molecular weight is 282 g/mol. The average Bonchev–Trinajstić information content (AvgIpc) is 2.79. The van der Waals surface area contributed by atoms with E-state index in [1.165, 1.54) is 0 Å². The molecule has 2 aromatic rings. The molecule has 3 heteroatoms. The number of fused-ring (bicyclic) bond motifs is 1. The Morgan fingerprint density at radius 2 is 1.62 bits per heavy atom. The van der Waals surface area contributed by atoms with Gasteiger partial charge in [0.05, 0.1) is 13.2 Å². The van der Waals surface area contributed by atoms with Crippen molar-refractivity contribution in [3.63, 3.8) is 0 Å². The second-order valence-corrected chi connectivity index (χ2v) is 5.07. The summed E-state index contributed by atoms with van der Waals surface area (Å²) >= 11 is 0. The van der Waals surface area contributed by atoms with Gasteiger partial charge < -0.3 is 9.47 Å². The zero-order valence-corrected chi connectivity index (χ0v) is 12.1. The van der Waals surface area contributed by atoms with Crippen molar-refractivity contribution in [1.82, 2.24) is 0 Å². The van der Waals surface area contributed by atoms with Gasteiger partial charge in [-0.2, -0.15) is 0 Å². The fourth-order valence-electron chi connectivity index (χ4n) is 2.40. The Labute approximate surface area is 124 Å². The van der Waals surface area contributed by atoms with E-state index in [4.69, 9.17) is 9.47 Å². The fraction of sp³-hybridized carbons (Fsp3) is 0.278. The van der Waals surface area contributed by atoms with Gasteiger partial charge in [-0.3, -0.25) is 4.79 Å². The van der Waals surface area contributed by atoms with Crippen molar-refractivity contribution in [1.29, 1.82) is 0 Å². The molecule has 0 aromatic heterocycles. The molecule has 3 rings (SSSR count). The van der Waals surface area contributed by atoms with Gasteiger partial charge >= 0.3 is 0 Å². The molecule has 0 fully saturated rings. The molecule has 0 bridgehead atoms. The third kappa shape index (κ3) is 2.92. The van der Waals surface area contributed by atoms with E-state index < -0.39 is 0 Å². The van der Waals surface area contributed by atoms with Gasteiger partial charge in [0, 0.05) is 18.4 Å². The summed E-state index contributed by atoms with van der Waals surface area (Å²) < 4.78 is 11.3.